The molecule has 2 rings (SSSR count). The lowest BCUT2D eigenvalue weighted by molar-refractivity contribution is 0.229. The van der Waals surface area contributed by atoms with Crippen LogP contribution >= 0.6 is 0 Å². The number of aliphatic hydroxyl groups excluding tert-OH is 1. The van der Waals surface area contributed by atoms with Gasteiger partial charge in [-0.2, -0.15) is 0 Å². The van der Waals surface area contributed by atoms with Gasteiger partial charge in [-0.1, -0.05) is 0 Å². The largest absolute Gasteiger partial charge is 0.493 e. The summed E-state index contributed by atoms with van der Waals surface area (Å²) >= 11 is 0. The van der Waals surface area contributed by atoms with E-state index in [0.717, 1.165) is 17.7 Å². The van der Waals surface area contributed by atoms with Gasteiger partial charge in [0.15, 0.2) is 0 Å². The fourth-order valence-electron chi connectivity index (χ4n) is 1.89. The Morgan fingerprint density at radius 1 is 1.50 bits per heavy atom. The van der Waals surface area contributed by atoms with Gasteiger partial charge in [0.05, 0.1) is 6.61 Å². The first-order valence-electron chi connectivity index (χ1n) is 4.84. The second-order valence-corrected chi connectivity index (χ2v) is 3.53. The number of aliphatic hydroxyl groups is 1. The summed E-state index contributed by atoms with van der Waals surface area (Å²) in [5.74, 6) is 0.757. The molecule has 76 valence electrons. The van der Waals surface area contributed by atoms with Crippen molar-refractivity contribution < 1.29 is 14.2 Å². The van der Waals surface area contributed by atoms with Crippen LogP contribution in [0.3, 0.4) is 0 Å². The minimum Gasteiger partial charge on any atom is -0.493 e. The Balaban J connectivity index is 2.32. The maximum absolute atomic E-state index is 13.0. The van der Waals surface area contributed by atoms with E-state index in [0.29, 0.717) is 13.0 Å². The van der Waals surface area contributed by atoms with Gasteiger partial charge in [0.1, 0.15) is 11.6 Å². The summed E-state index contributed by atoms with van der Waals surface area (Å²) in [6, 6.07) is 4.57. The van der Waals surface area contributed by atoms with Gasteiger partial charge in [0, 0.05) is 12.2 Å². The van der Waals surface area contributed by atoms with Crippen LogP contribution in [-0.2, 0) is 0 Å². The van der Waals surface area contributed by atoms with Gasteiger partial charge in [0.2, 0.25) is 0 Å². The predicted octanol–water partition coefficient (Wildman–Crippen LogP) is 2.07. The molecule has 0 amide bonds. The smallest absolute Gasteiger partial charge is 0.123 e. The molecule has 1 heterocycles. The van der Waals surface area contributed by atoms with E-state index in [1.165, 1.54) is 12.1 Å². The van der Waals surface area contributed by atoms with Gasteiger partial charge in [-0.05, 0) is 37.0 Å². The predicted molar refractivity (Wildman–Crippen MR) is 51.0 cm³/mol. The Morgan fingerprint density at radius 3 is 3.14 bits per heavy atom. The number of hydrogen-bond donors (Lipinski definition) is 1. The lowest BCUT2D eigenvalue weighted by atomic mass is 9.90. The highest BCUT2D eigenvalue weighted by atomic mass is 19.1. The number of ether oxygens (including phenoxy) is 1. The number of fused-ring (bicyclic) bond motifs is 1. The van der Waals surface area contributed by atoms with Crippen LogP contribution in [0.1, 0.15) is 24.3 Å². The van der Waals surface area contributed by atoms with E-state index in [4.69, 9.17) is 9.84 Å². The number of benzene rings is 1. The number of rotatable bonds is 2. The first-order valence-corrected chi connectivity index (χ1v) is 4.84. The maximum Gasteiger partial charge on any atom is 0.123 e. The lowest BCUT2D eigenvalue weighted by Gasteiger charge is -2.25. The number of halogens is 1. The monoisotopic (exact) mass is 196 g/mol. The molecule has 1 N–H and O–H groups in total. The third-order valence-corrected chi connectivity index (χ3v) is 2.61. The van der Waals surface area contributed by atoms with E-state index in [-0.39, 0.29) is 18.3 Å². The zero-order valence-electron chi connectivity index (χ0n) is 7.87. The molecule has 0 radical (unpaired) electrons. The summed E-state index contributed by atoms with van der Waals surface area (Å²) in [5, 5.41) is 8.88. The third kappa shape index (κ3) is 1.73. The Bertz CT molecular complexity index is 325. The molecular weight excluding hydrogens is 183 g/mol. The summed E-state index contributed by atoms with van der Waals surface area (Å²) in [5.41, 5.74) is 0.894. The Morgan fingerprint density at radius 2 is 2.36 bits per heavy atom. The van der Waals surface area contributed by atoms with Gasteiger partial charge in [-0.25, -0.2) is 4.39 Å². The highest BCUT2D eigenvalue weighted by molar-refractivity contribution is 5.38. The summed E-state index contributed by atoms with van der Waals surface area (Å²) in [4.78, 5) is 0. The van der Waals surface area contributed by atoms with Crippen LogP contribution < -0.4 is 4.74 Å². The van der Waals surface area contributed by atoms with Crippen LogP contribution in [0.4, 0.5) is 4.39 Å². The van der Waals surface area contributed by atoms with Crippen molar-refractivity contribution >= 4 is 0 Å². The Labute approximate surface area is 82.3 Å². The van der Waals surface area contributed by atoms with Crippen LogP contribution in [-0.4, -0.2) is 18.3 Å². The molecule has 1 aliphatic heterocycles. The van der Waals surface area contributed by atoms with Gasteiger partial charge in [-0.3, -0.25) is 0 Å². The molecule has 0 fully saturated rings. The highest BCUT2D eigenvalue weighted by Crippen LogP contribution is 2.35. The van der Waals surface area contributed by atoms with Gasteiger partial charge >= 0.3 is 0 Å². The number of hydrogen-bond acceptors (Lipinski definition) is 2. The van der Waals surface area contributed by atoms with E-state index in [2.05, 4.69) is 0 Å². The van der Waals surface area contributed by atoms with E-state index in [9.17, 15) is 4.39 Å². The van der Waals surface area contributed by atoms with Gasteiger partial charge in [0.25, 0.3) is 0 Å². The quantitative estimate of drug-likeness (QED) is 0.784. The molecule has 1 atom stereocenters. The van der Waals surface area contributed by atoms with Gasteiger partial charge in [-0.15, -0.1) is 0 Å². The van der Waals surface area contributed by atoms with Crippen molar-refractivity contribution in [3.05, 3.63) is 29.6 Å². The molecule has 0 bridgehead atoms. The molecule has 0 aliphatic carbocycles. The summed E-state index contributed by atoms with van der Waals surface area (Å²) < 4.78 is 18.4. The van der Waals surface area contributed by atoms with Crippen molar-refractivity contribution in [2.75, 3.05) is 13.2 Å². The lowest BCUT2D eigenvalue weighted by Crippen LogP contribution is -2.15. The summed E-state index contributed by atoms with van der Waals surface area (Å²) in [7, 11) is 0. The Kier molecular flexibility index (Phi) is 2.68. The first kappa shape index (κ1) is 9.46. The van der Waals surface area contributed by atoms with Crippen molar-refractivity contribution in [3.8, 4) is 5.75 Å². The highest BCUT2D eigenvalue weighted by Gasteiger charge is 2.21. The normalized spacial score (nSPS) is 20.0. The molecule has 1 unspecified atom stereocenters. The molecule has 1 aromatic rings. The Hall–Kier alpha value is -1.09. The second-order valence-electron chi connectivity index (χ2n) is 3.53. The molecule has 0 aromatic heterocycles. The average molecular weight is 196 g/mol. The van der Waals surface area contributed by atoms with Crippen LogP contribution in [0.15, 0.2) is 18.2 Å². The van der Waals surface area contributed by atoms with E-state index in [1.807, 2.05) is 0 Å². The molecule has 0 saturated carbocycles. The second kappa shape index (κ2) is 3.96. The summed E-state index contributed by atoms with van der Waals surface area (Å²) in [6.07, 6.45) is 1.54. The van der Waals surface area contributed by atoms with E-state index < -0.39 is 0 Å². The molecular formula is C11H13FO2. The molecule has 1 aromatic carbocycles. The van der Waals surface area contributed by atoms with Crippen molar-refractivity contribution in [1.82, 2.24) is 0 Å². The minimum absolute atomic E-state index is 0.140. The van der Waals surface area contributed by atoms with Crippen molar-refractivity contribution in [2.24, 2.45) is 0 Å². The van der Waals surface area contributed by atoms with E-state index >= 15 is 0 Å². The third-order valence-electron chi connectivity index (χ3n) is 2.61. The average Bonchev–Trinajstić information content (AvgIpc) is 2.19. The van der Waals surface area contributed by atoms with Crippen LogP contribution in [0, 0.1) is 5.82 Å². The fraction of sp³-hybridized carbons (Fsp3) is 0.455. The van der Waals surface area contributed by atoms with E-state index in [1.54, 1.807) is 6.07 Å². The van der Waals surface area contributed by atoms with Crippen LogP contribution in [0.2, 0.25) is 0 Å². The zero-order valence-corrected chi connectivity index (χ0v) is 7.87. The molecule has 0 spiro atoms. The van der Waals surface area contributed by atoms with Crippen molar-refractivity contribution in [2.45, 2.75) is 18.8 Å². The molecule has 1 aliphatic rings. The molecule has 2 nitrogen and oxygen atoms in total. The van der Waals surface area contributed by atoms with Crippen LogP contribution in [0.5, 0.6) is 5.75 Å². The first-order chi connectivity index (χ1) is 6.81. The minimum atomic E-state index is -0.239. The van der Waals surface area contributed by atoms with Crippen molar-refractivity contribution in [1.29, 1.82) is 0 Å². The van der Waals surface area contributed by atoms with Crippen LogP contribution in [0.25, 0.3) is 0 Å². The summed E-state index contributed by atoms with van der Waals surface area (Å²) in [6.45, 7) is 0.796. The van der Waals surface area contributed by atoms with Crippen molar-refractivity contribution in [3.63, 3.8) is 0 Å². The molecule has 14 heavy (non-hydrogen) atoms. The standard InChI is InChI=1S/C11H13FO2/c12-9-1-2-11-10(7-9)8(3-5-13)4-6-14-11/h1-2,7-8,13H,3-6H2. The molecule has 0 saturated heterocycles. The fourth-order valence-corrected chi connectivity index (χ4v) is 1.89. The zero-order chi connectivity index (χ0) is 9.97. The van der Waals surface area contributed by atoms with Gasteiger partial charge < -0.3 is 9.84 Å². The maximum atomic E-state index is 13.0. The molecule has 3 heteroatoms. The SMILES string of the molecule is OCCC1CCOc2ccc(F)cc21. The topological polar surface area (TPSA) is 29.5 Å².